The molecule has 1 unspecified atom stereocenters. The molecule has 4 heteroatoms. The molecule has 2 aliphatic rings. The van der Waals surface area contributed by atoms with Crippen LogP contribution in [0.3, 0.4) is 0 Å². The summed E-state index contributed by atoms with van der Waals surface area (Å²) < 4.78 is 5.85. The molecule has 1 atom stereocenters. The summed E-state index contributed by atoms with van der Waals surface area (Å²) in [4.78, 5) is 16.6. The van der Waals surface area contributed by atoms with E-state index in [9.17, 15) is 4.79 Å². The van der Waals surface area contributed by atoms with Crippen LogP contribution in [0.5, 0.6) is 0 Å². The summed E-state index contributed by atoms with van der Waals surface area (Å²) in [6.07, 6.45) is 3.66. The molecule has 0 aromatic heterocycles. The molecule has 0 aliphatic carbocycles. The van der Waals surface area contributed by atoms with Crippen molar-refractivity contribution in [2.24, 2.45) is 0 Å². The molecule has 2 heterocycles. The number of carbonyl (C=O) groups is 1. The fourth-order valence-corrected chi connectivity index (χ4v) is 3.15. The lowest BCUT2D eigenvalue weighted by Crippen LogP contribution is -2.46. The molecule has 1 aromatic carbocycles. The van der Waals surface area contributed by atoms with E-state index in [0.29, 0.717) is 13.2 Å². The lowest BCUT2D eigenvalue weighted by atomic mass is 10.1. The van der Waals surface area contributed by atoms with Crippen LogP contribution in [0, 0.1) is 0 Å². The van der Waals surface area contributed by atoms with Gasteiger partial charge in [0, 0.05) is 26.2 Å². The zero-order chi connectivity index (χ0) is 14.5. The standard InChI is InChI=1S/C17H24N2O2/c20-17(19-9-5-2-6-10-19)14-18-11-12-21-16(13-18)15-7-3-1-4-8-15/h1,3-4,7-8,16H,2,5-6,9-14H2. The molecule has 0 radical (unpaired) electrons. The summed E-state index contributed by atoms with van der Waals surface area (Å²) in [6, 6.07) is 10.3. The Morgan fingerprint density at radius 2 is 1.86 bits per heavy atom. The molecular formula is C17H24N2O2. The minimum atomic E-state index is 0.0918. The highest BCUT2D eigenvalue weighted by Crippen LogP contribution is 2.22. The Bertz CT molecular complexity index is 457. The number of piperidine rings is 1. The van der Waals surface area contributed by atoms with Gasteiger partial charge in [-0.2, -0.15) is 0 Å². The Hall–Kier alpha value is -1.39. The van der Waals surface area contributed by atoms with Crippen LogP contribution >= 0.6 is 0 Å². The third-order valence-corrected chi connectivity index (χ3v) is 4.39. The van der Waals surface area contributed by atoms with E-state index in [1.54, 1.807) is 0 Å². The molecule has 1 aromatic rings. The van der Waals surface area contributed by atoms with Gasteiger partial charge in [0.25, 0.3) is 0 Å². The smallest absolute Gasteiger partial charge is 0.236 e. The van der Waals surface area contributed by atoms with E-state index in [0.717, 1.165) is 39.0 Å². The molecular weight excluding hydrogens is 264 g/mol. The van der Waals surface area contributed by atoms with Crippen LogP contribution in [-0.4, -0.2) is 55.0 Å². The molecule has 3 rings (SSSR count). The lowest BCUT2D eigenvalue weighted by molar-refractivity contribution is -0.135. The average molecular weight is 288 g/mol. The van der Waals surface area contributed by atoms with Crippen molar-refractivity contribution in [2.45, 2.75) is 25.4 Å². The van der Waals surface area contributed by atoms with Crippen molar-refractivity contribution in [1.29, 1.82) is 0 Å². The van der Waals surface area contributed by atoms with Gasteiger partial charge in [-0.15, -0.1) is 0 Å². The van der Waals surface area contributed by atoms with Gasteiger partial charge in [0.1, 0.15) is 0 Å². The van der Waals surface area contributed by atoms with Gasteiger partial charge in [-0.3, -0.25) is 9.69 Å². The predicted molar refractivity (Wildman–Crippen MR) is 82.0 cm³/mol. The first-order valence-electron chi connectivity index (χ1n) is 7.99. The SMILES string of the molecule is O=C(CN1CCOC(c2ccccc2)C1)N1CCCCC1. The third kappa shape index (κ3) is 3.83. The van der Waals surface area contributed by atoms with Crippen molar-refractivity contribution in [3.63, 3.8) is 0 Å². The number of benzene rings is 1. The molecule has 2 saturated heterocycles. The van der Waals surface area contributed by atoms with Gasteiger partial charge in [0.05, 0.1) is 19.3 Å². The third-order valence-electron chi connectivity index (χ3n) is 4.39. The summed E-state index contributed by atoms with van der Waals surface area (Å²) >= 11 is 0. The van der Waals surface area contributed by atoms with Crippen LogP contribution in [0.4, 0.5) is 0 Å². The average Bonchev–Trinajstić information content (AvgIpc) is 2.57. The number of rotatable bonds is 3. The highest BCUT2D eigenvalue weighted by Gasteiger charge is 2.25. The molecule has 1 amide bonds. The van der Waals surface area contributed by atoms with Gasteiger partial charge < -0.3 is 9.64 Å². The van der Waals surface area contributed by atoms with E-state index in [4.69, 9.17) is 4.74 Å². The van der Waals surface area contributed by atoms with E-state index in [1.165, 1.54) is 12.0 Å². The van der Waals surface area contributed by atoms with Crippen LogP contribution < -0.4 is 0 Å². The van der Waals surface area contributed by atoms with Crippen molar-refractivity contribution in [3.05, 3.63) is 35.9 Å². The van der Waals surface area contributed by atoms with Gasteiger partial charge in [0.2, 0.25) is 5.91 Å². The highest BCUT2D eigenvalue weighted by molar-refractivity contribution is 5.78. The zero-order valence-electron chi connectivity index (χ0n) is 12.5. The Balaban J connectivity index is 1.55. The maximum atomic E-state index is 12.4. The second-order valence-electron chi connectivity index (χ2n) is 5.95. The summed E-state index contributed by atoms with van der Waals surface area (Å²) in [5.74, 6) is 0.281. The minimum absolute atomic E-state index is 0.0918. The fraction of sp³-hybridized carbons (Fsp3) is 0.588. The second kappa shape index (κ2) is 7.05. The van der Waals surface area contributed by atoms with E-state index in [2.05, 4.69) is 17.0 Å². The normalized spacial score (nSPS) is 24.0. The van der Waals surface area contributed by atoms with Gasteiger partial charge in [-0.25, -0.2) is 0 Å². The van der Waals surface area contributed by atoms with Crippen LogP contribution in [0.25, 0.3) is 0 Å². The minimum Gasteiger partial charge on any atom is -0.371 e. The number of carbonyl (C=O) groups excluding carboxylic acids is 1. The maximum Gasteiger partial charge on any atom is 0.236 e. The molecule has 4 nitrogen and oxygen atoms in total. The van der Waals surface area contributed by atoms with Crippen LogP contribution in [-0.2, 0) is 9.53 Å². The van der Waals surface area contributed by atoms with Crippen LogP contribution in [0.15, 0.2) is 30.3 Å². The van der Waals surface area contributed by atoms with Gasteiger partial charge in [-0.05, 0) is 24.8 Å². The number of hydrogen-bond acceptors (Lipinski definition) is 3. The van der Waals surface area contributed by atoms with E-state index < -0.39 is 0 Å². The summed E-state index contributed by atoms with van der Waals surface area (Å²) in [5.41, 5.74) is 1.20. The Morgan fingerprint density at radius 1 is 1.10 bits per heavy atom. The predicted octanol–water partition coefficient (Wildman–Crippen LogP) is 2.07. The number of morpholine rings is 1. The largest absolute Gasteiger partial charge is 0.371 e. The number of likely N-dealkylation sites (tertiary alicyclic amines) is 1. The second-order valence-corrected chi connectivity index (χ2v) is 5.95. The highest BCUT2D eigenvalue weighted by atomic mass is 16.5. The van der Waals surface area contributed by atoms with Gasteiger partial charge in [-0.1, -0.05) is 30.3 Å². The van der Waals surface area contributed by atoms with Crippen molar-refractivity contribution < 1.29 is 9.53 Å². The van der Waals surface area contributed by atoms with Crippen molar-refractivity contribution in [2.75, 3.05) is 39.3 Å². The molecule has 0 spiro atoms. The lowest BCUT2D eigenvalue weighted by Gasteiger charge is -2.35. The summed E-state index contributed by atoms with van der Waals surface area (Å²) in [6.45, 7) is 4.77. The van der Waals surface area contributed by atoms with Crippen molar-refractivity contribution >= 4 is 5.91 Å². The number of amides is 1. The molecule has 2 aliphatic heterocycles. The van der Waals surface area contributed by atoms with Crippen molar-refractivity contribution in [3.8, 4) is 0 Å². The van der Waals surface area contributed by atoms with Crippen molar-refractivity contribution in [1.82, 2.24) is 9.80 Å². The first-order chi connectivity index (χ1) is 10.3. The Kier molecular flexibility index (Phi) is 4.88. The number of hydrogen-bond donors (Lipinski definition) is 0. The van der Waals surface area contributed by atoms with E-state index >= 15 is 0 Å². The molecule has 0 bridgehead atoms. The maximum absolute atomic E-state index is 12.4. The topological polar surface area (TPSA) is 32.8 Å². The number of ether oxygens (including phenoxy) is 1. The van der Waals surface area contributed by atoms with Crippen LogP contribution in [0.2, 0.25) is 0 Å². The van der Waals surface area contributed by atoms with E-state index in [-0.39, 0.29) is 12.0 Å². The fourth-order valence-electron chi connectivity index (χ4n) is 3.15. The van der Waals surface area contributed by atoms with Gasteiger partial charge in [0.15, 0.2) is 0 Å². The Morgan fingerprint density at radius 3 is 2.62 bits per heavy atom. The molecule has 2 fully saturated rings. The first-order valence-corrected chi connectivity index (χ1v) is 7.99. The summed E-state index contributed by atoms with van der Waals surface area (Å²) in [5, 5.41) is 0. The van der Waals surface area contributed by atoms with E-state index in [1.807, 2.05) is 23.1 Å². The number of nitrogens with zero attached hydrogens (tertiary/aromatic N) is 2. The summed E-state index contributed by atoms with van der Waals surface area (Å²) in [7, 11) is 0. The van der Waals surface area contributed by atoms with Gasteiger partial charge >= 0.3 is 0 Å². The first kappa shape index (κ1) is 14.5. The molecule has 0 N–H and O–H groups in total. The monoisotopic (exact) mass is 288 g/mol. The van der Waals surface area contributed by atoms with Crippen LogP contribution in [0.1, 0.15) is 30.9 Å². The zero-order valence-corrected chi connectivity index (χ0v) is 12.5. The molecule has 114 valence electrons. The molecule has 0 saturated carbocycles. The Labute approximate surface area is 126 Å². The quantitative estimate of drug-likeness (QED) is 0.853. The molecule has 21 heavy (non-hydrogen) atoms.